The fourth-order valence-corrected chi connectivity index (χ4v) is 3.73. The highest BCUT2D eigenvalue weighted by Gasteiger charge is 2.46. The molecule has 0 bridgehead atoms. The van der Waals surface area contributed by atoms with Crippen LogP contribution >= 0.6 is 0 Å². The van der Waals surface area contributed by atoms with E-state index < -0.39 is 0 Å². The zero-order chi connectivity index (χ0) is 21.7. The van der Waals surface area contributed by atoms with E-state index in [0.717, 1.165) is 36.6 Å². The molecule has 160 valence electrons. The average molecular weight is 408 g/mol. The number of piperazine rings is 1. The maximum atomic E-state index is 10.6. The predicted molar refractivity (Wildman–Crippen MR) is 124 cm³/mol. The number of hydrogen-bond acceptors (Lipinski definition) is 6. The second-order valence-electron chi connectivity index (χ2n) is 8.29. The van der Waals surface area contributed by atoms with Gasteiger partial charge in [0.05, 0.1) is 5.69 Å². The van der Waals surface area contributed by atoms with Gasteiger partial charge in [0, 0.05) is 44.5 Å². The van der Waals surface area contributed by atoms with Crippen LogP contribution in [0.25, 0.3) is 5.57 Å². The Morgan fingerprint density at radius 3 is 2.57 bits per heavy atom. The molecular weight excluding hydrogens is 374 g/mol. The maximum absolute atomic E-state index is 10.6. The summed E-state index contributed by atoms with van der Waals surface area (Å²) in [7, 11) is 1.81. The number of rotatable bonds is 8. The largest absolute Gasteiger partial charge is 0.508 e. The molecule has 6 heteroatoms. The average Bonchev–Trinajstić information content (AvgIpc) is 3.54. The maximum Gasteiger partial charge on any atom is 0.151 e. The summed E-state index contributed by atoms with van der Waals surface area (Å²) in [5, 5.41) is 26.1. The van der Waals surface area contributed by atoms with Crippen molar-refractivity contribution in [3.8, 4) is 0 Å². The van der Waals surface area contributed by atoms with Crippen LogP contribution in [0.4, 0.5) is 5.82 Å². The van der Waals surface area contributed by atoms with Crippen molar-refractivity contribution in [2.45, 2.75) is 32.7 Å². The van der Waals surface area contributed by atoms with Gasteiger partial charge in [0.25, 0.3) is 0 Å². The Bertz CT molecular complexity index is 877. The molecular formula is C24H33N5O. The molecule has 6 nitrogen and oxygen atoms in total. The van der Waals surface area contributed by atoms with Crippen molar-refractivity contribution in [1.82, 2.24) is 20.8 Å². The third-order valence-electron chi connectivity index (χ3n) is 6.16. The molecule has 1 unspecified atom stereocenters. The molecule has 1 aromatic rings. The van der Waals surface area contributed by atoms with Crippen LogP contribution in [0.2, 0.25) is 0 Å². The lowest BCUT2D eigenvalue weighted by atomic mass is 9.97. The molecule has 1 aliphatic heterocycles. The Balaban J connectivity index is 1.77. The molecule has 0 spiro atoms. The van der Waals surface area contributed by atoms with Crippen LogP contribution < -0.4 is 15.5 Å². The summed E-state index contributed by atoms with van der Waals surface area (Å²) in [6.07, 6.45) is 9.46. The van der Waals surface area contributed by atoms with Gasteiger partial charge in [-0.15, -0.1) is 10.2 Å². The lowest BCUT2D eigenvalue weighted by Crippen LogP contribution is -2.54. The molecule has 1 saturated heterocycles. The monoisotopic (exact) mass is 407 g/mol. The summed E-state index contributed by atoms with van der Waals surface area (Å²) >= 11 is 0. The topological polar surface area (TPSA) is 73.3 Å². The Hall–Kier alpha value is -2.86. The van der Waals surface area contributed by atoms with E-state index in [1.807, 2.05) is 26.1 Å². The van der Waals surface area contributed by atoms with Crippen molar-refractivity contribution in [2.75, 3.05) is 31.6 Å². The van der Waals surface area contributed by atoms with Gasteiger partial charge in [0.1, 0.15) is 5.76 Å². The number of anilines is 1. The van der Waals surface area contributed by atoms with E-state index in [9.17, 15) is 5.11 Å². The third-order valence-corrected chi connectivity index (χ3v) is 6.16. The van der Waals surface area contributed by atoms with Crippen LogP contribution in [-0.2, 0) is 0 Å². The van der Waals surface area contributed by atoms with Gasteiger partial charge in [0.15, 0.2) is 5.82 Å². The first-order valence-electron chi connectivity index (χ1n) is 10.5. The standard InChI is InChI=1S/C24H33N5O/c1-6-18(19(7-2)15-25-5)14-21(30)17(3)20-8-9-23(28-27-20)29-13-12-26-22(16-29)24(4)10-11-24/h6-9,14-15,22,25-26,30H,1-2,10-13,16H2,3-5H3/b18-14+,19-15+,21-17-. The van der Waals surface area contributed by atoms with Crippen molar-refractivity contribution < 1.29 is 5.11 Å². The van der Waals surface area contributed by atoms with E-state index in [1.165, 1.54) is 12.8 Å². The molecule has 0 aromatic carbocycles. The number of nitrogens with one attached hydrogen (secondary N) is 2. The Kier molecular flexibility index (Phi) is 6.77. The van der Waals surface area contributed by atoms with Crippen LogP contribution in [0, 0.1) is 5.41 Å². The summed E-state index contributed by atoms with van der Waals surface area (Å²) < 4.78 is 0. The van der Waals surface area contributed by atoms with Gasteiger partial charge >= 0.3 is 0 Å². The molecule has 3 rings (SSSR count). The molecule has 2 aliphatic rings. The first kappa shape index (κ1) is 21.8. The number of aliphatic hydroxyl groups is 1. The van der Waals surface area contributed by atoms with Gasteiger partial charge in [0.2, 0.25) is 0 Å². The molecule has 1 aromatic heterocycles. The highest BCUT2D eigenvalue weighted by molar-refractivity contribution is 5.66. The quantitative estimate of drug-likeness (QED) is 0.450. The van der Waals surface area contributed by atoms with Crippen molar-refractivity contribution >= 4 is 11.4 Å². The van der Waals surface area contributed by atoms with E-state index in [2.05, 4.69) is 45.8 Å². The second-order valence-corrected chi connectivity index (χ2v) is 8.29. The lowest BCUT2D eigenvalue weighted by molar-refractivity contribution is 0.330. The zero-order valence-corrected chi connectivity index (χ0v) is 18.3. The third kappa shape index (κ3) is 4.82. The smallest absolute Gasteiger partial charge is 0.151 e. The van der Waals surface area contributed by atoms with Gasteiger partial charge in [-0.1, -0.05) is 32.2 Å². The first-order chi connectivity index (χ1) is 14.4. The van der Waals surface area contributed by atoms with Crippen molar-refractivity contribution in [3.63, 3.8) is 0 Å². The Morgan fingerprint density at radius 1 is 1.27 bits per heavy atom. The van der Waals surface area contributed by atoms with E-state index in [4.69, 9.17) is 0 Å². The normalized spacial score (nSPS) is 22.2. The Labute approximate surface area is 179 Å². The van der Waals surface area contributed by atoms with Crippen LogP contribution in [0.1, 0.15) is 32.4 Å². The minimum atomic E-state index is 0.125. The molecule has 30 heavy (non-hydrogen) atoms. The summed E-state index contributed by atoms with van der Waals surface area (Å²) in [5.74, 6) is 1.01. The molecule has 2 heterocycles. The molecule has 1 saturated carbocycles. The number of aromatic nitrogens is 2. The Morgan fingerprint density at radius 2 is 2.00 bits per heavy atom. The molecule has 1 atom stereocenters. The van der Waals surface area contributed by atoms with E-state index in [-0.39, 0.29) is 5.76 Å². The van der Waals surface area contributed by atoms with Crippen molar-refractivity contribution in [1.29, 1.82) is 0 Å². The van der Waals surface area contributed by atoms with Crippen molar-refractivity contribution in [3.05, 3.63) is 72.3 Å². The minimum absolute atomic E-state index is 0.125. The molecule has 3 N–H and O–H groups in total. The summed E-state index contributed by atoms with van der Waals surface area (Å²) in [4.78, 5) is 2.30. The summed E-state index contributed by atoms with van der Waals surface area (Å²) in [6, 6.07) is 4.42. The first-order valence-corrected chi connectivity index (χ1v) is 10.5. The fourth-order valence-electron chi connectivity index (χ4n) is 3.73. The highest BCUT2D eigenvalue weighted by Crippen LogP contribution is 2.48. The van der Waals surface area contributed by atoms with E-state index in [1.54, 1.807) is 24.4 Å². The minimum Gasteiger partial charge on any atom is -0.508 e. The highest BCUT2D eigenvalue weighted by atomic mass is 16.3. The van der Waals surface area contributed by atoms with Gasteiger partial charge in [-0.2, -0.15) is 0 Å². The van der Waals surface area contributed by atoms with Gasteiger partial charge in [-0.05, 0) is 54.5 Å². The van der Waals surface area contributed by atoms with Gasteiger partial charge in [-0.3, -0.25) is 0 Å². The second kappa shape index (κ2) is 9.30. The predicted octanol–water partition coefficient (Wildman–Crippen LogP) is 3.75. The van der Waals surface area contributed by atoms with Crippen LogP contribution in [0.5, 0.6) is 0 Å². The molecule has 0 radical (unpaired) electrons. The summed E-state index contributed by atoms with van der Waals surface area (Å²) in [6.45, 7) is 14.7. The number of nitrogens with zero attached hydrogens (tertiary/aromatic N) is 3. The van der Waals surface area contributed by atoms with Crippen LogP contribution in [0.15, 0.2) is 66.6 Å². The zero-order valence-electron chi connectivity index (χ0n) is 18.3. The molecule has 0 amide bonds. The van der Waals surface area contributed by atoms with Crippen molar-refractivity contribution in [2.24, 2.45) is 5.41 Å². The van der Waals surface area contributed by atoms with Gasteiger partial charge in [-0.25, -0.2) is 0 Å². The summed E-state index contributed by atoms with van der Waals surface area (Å²) in [5.41, 5.74) is 3.34. The van der Waals surface area contributed by atoms with Gasteiger partial charge < -0.3 is 20.6 Å². The SMILES string of the molecule is C=CC(=C\NC)/C(C=C)=C/C(O)=C(\C)c1ccc(N2CCNC(C3(C)CC3)C2)nn1. The van der Waals surface area contributed by atoms with Crippen LogP contribution in [-0.4, -0.2) is 48.0 Å². The fraction of sp³-hybridized carbons (Fsp3) is 0.417. The lowest BCUT2D eigenvalue weighted by Gasteiger charge is -2.37. The molecule has 1 aliphatic carbocycles. The number of allylic oxidation sites excluding steroid dienone is 6. The molecule has 2 fully saturated rings. The number of hydrogen-bond donors (Lipinski definition) is 3. The van der Waals surface area contributed by atoms with Crippen LogP contribution in [0.3, 0.4) is 0 Å². The van der Waals surface area contributed by atoms with E-state index >= 15 is 0 Å². The number of aliphatic hydroxyl groups excluding tert-OH is 1. The van der Waals surface area contributed by atoms with E-state index in [0.29, 0.717) is 22.7 Å².